The summed E-state index contributed by atoms with van der Waals surface area (Å²) in [4.78, 5) is 0. The van der Waals surface area contributed by atoms with E-state index in [-0.39, 0.29) is 11.9 Å². The van der Waals surface area contributed by atoms with Crippen LogP contribution in [0.4, 0.5) is 4.39 Å². The minimum Gasteiger partial charge on any atom is -0.320 e. The van der Waals surface area contributed by atoms with E-state index in [4.69, 9.17) is 5.73 Å². The van der Waals surface area contributed by atoms with E-state index in [9.17, 15) is 4.39 Å². The topological polar surface area (TPSA) is 26.0 Å². The molecule has 1 unspecified atom stereocenters. The van der Waals surface area contributed by atoms with Crippen LogP contribution in [-0.2, 0) is 0 Å². The van der Waals surface area contributed by atoms with Crippen LogP contribution in [0.2, 0.25) is 0 Å². The molecule has 0 aliphatic rings. The van der Waals surface area contributed by atoms with Crippen LogP contribution in [0.3, 0.4) is 0 Å². The zero-order valence-corrected chi connectivity index (χ0v) is 12.0. The summed E-state index contributed by atoms with van der Waals surface area (Å²) in [5, 5.41) is 0. The van der Waals surface area contributed by atoms with Gasteiger partial charge in [0.25, 0.3) is 0 Å². The third-order valence-electron chi connectivity index (χ3n) is 2.53. The molecule has 0 spiro atoms. The zero-order valence-electron chi connectivity index (χ0n) is 8.83. The maximum atomic E-state index is 13.4. The first-order valence-electron chi connectivity index (χ1n) is 5.04. The summed E-state index contributed by atoms with van der Waals surface area (Å²) in [6.45, 7) is 0. The summed E-state index contributed by atoms with van der Waals surface area (Å²) in [5.74, 6) is -0.296. The van der Waals surface area contributed by atoms with Crippen molar-refractivity contribution in [3.8, 4) is 0 Å². The predicted molar refractivity (Wildman–Crippen MR) is 74.3 cm³/mol. The van der Waals surface area contributed by atoms with E-state index in [2.05, 4.69) is 31.9 Å². The van der Waals surface area contributed by atoms with Crippen LogP contribution in [0.15, 0.2) is 51.4 Å². The molecule has 0 aromatic heterocycles. The summed E-state index contributed by atoms with van der Waals surface area (Å²) < 4.78 is 14.9. The molecule has 2 aromatic carbocycles. The van der Waals surface area contributed by atoms with Gasteiger partial charge in [-0.25, -0.2) is 4.39 Å². The molecule has 0 saturated heterocycles. The van der Waals surface area contributed by atoms with E-state index in [1.807, 2.05) is 30.3 Å². The zero-order chi connectivity index (χ0) is 12.4. The highest BCUT2D eigenvalue weighted by atomic mass is 79.9. The Morgan fingerprint density at radius 1 is 0.941 bits per heavy atom. The van der Waals surface area contributed by atoms with Gasteiger partial charge in [0, 0.05) is 4.47 Å². The molecule has 0 bridgehead atoms. The van der Waals surface area contributed by atoms with E-state index in [0.29, 0.717) is 4.47 Å². The van der Waals surface area contributed by atoms with Crippen LogP contribution in [0.5, 0.6) is 0 Å². The van der Waals surface area contributed by atoms with Crippen molar-refractivity contribution in [3.63, 3.8) is 0 Å². The van der Waals surface area contributed by atoms with E-state index >= 15 is 0 Å². The predicted octanol–water partition coefficient (Wildman–Crippen LogP) is 4.40. The van der Waals surface area contributed by atoms with Gasteiger partial charge in [-0.1, -0.05) is 34.1 Å². The molecule has 2 rings (SSSR count). The molecule has 4 heteroatoms. The summed E-state index contributed by atoms with van der Waals surface area (Å²) in [5.41, 5.74) is 7.80. The number of hydrogen-bond donors (Lipinski definition) is 1. The van der Waals surface area contributed by atoms with Crippen LogP contribution in [0.1, 0.15) is 17.2 Å². The standard InChI is InChI=1S/C13H10Br2FN/c14-10-4-1-8(2-5-10)13(17)9-3-6-11(15)12(16)7-9/h1-7,13H,17H2. The number of rotatable bonds is 2. The molecule has 88 valence electrons. The third-order valence-corrected chi connectivity index (χ3v) is 3.70. The van der Waals surface area contributed by atoms with Gasteiger partial charge >= 0.3 is 0 Å². The van der Waals surface area contributed by atoms with Gasteiger partial charge in [-0.15, -0.1) is 0 Å². The minimum atomic E-state index is -0.314. The lowest BCUT2D eigenvalue weighted by Crippen LogP contribution is -2.11. The fraction of sp³-hybridized carbons (Fsp3) is 0.0769. The first kappa shape index (κ1) is 12.7. The Balaban J connectivity index is 2.33. The van der Waals surface area contributed by atoms with Crippen LogP contribution >= 0.6 is 31.9 Å². The van der Waals surface area contributed by atoms with Crippen LogP contribution in [0, 0.1) is 5.82 Å². The second-order valence-electron chi connectivity index (χ2n) is 3.70. The van der Waals surface area contributed by atoms with Gasteiger partial charge < -0.3 is 5.73 Å². The normalized spacial score (nSPS) is 12.5. The Morgan fingerprint density at radius 3 is 2.12 bits per heavy atom. The molecule has 2 N–H and O–H groups in total. The van der Waals surface area contributed by atoms with Crippen molar-refractivity contribution < 1.29 is 4.39 Å². The minimum absolute atomic E-state index is 0.296. The Hall–Kier alpha value is -0.710. The number of nitrogens with two attached hydrogens (primary N) is 1. The molecule has 0 aliphatic carbocycles. The molecule has 0 radical (unpaired) electrons. The highest BCUT2D eigenvalue weighted by Crippen LogP contribution is 2.24. The lowest BCUT2D eigenvalue weighted by Gasteiger charge is -2.13. The molecule has 0 saturated carbocycles. The van der Waals surface area contributed by atoms with E-state index in [1.165, 1.54) is 6.07 Å². The summed E-state index contributed by atoms with van der Waals surface area (Å²) in [6, 6.07) is 12.3. The number of hydrogen-bond acceptors (Lipinski definition) is 1. The Kier molecular flexibility index (Phi) is 3.97. The van der Waals surface area contributed by atoms with Gasteiger partial charge in [0.15, 0.2) is 0 Å². The SMILES string of the molecule is NC(c1ccc(Br)cc1)c1ccc(Br)c(F)c1. The van der Waals surface area contributed by atoms with Gasteiger partial charge in [-0.2, -0.15) is 0 Å². The maximum Gasteiger partial charge on any atom is 0.137 e. The average molecular weight is 359 g/mol. The molecule has 1 nitrogen and oxygen atoms in total. The maximum absolute atomic E-state index is 13.4. The average Bonchev–Trinajstić information content (AvgIpc) is 2.33. The highest BCUT2D eigenvalue weighted by Gasteiger charge is 2.10. The van der Waals surface area contributed by atoms with Crippen molar-refractivity contribution in [2.24, 2.45) is 5.73 Å². The van der Waals surface area contributed by atoms with E-state index in [0.717, 1.165) is 15.6 Å². The fourth-order valence-electron chi connectivity index (χ4n) is 1.57. The van der Waals surface area contributed by atoms with Crippen molar-refractivity contribution >= 4 is 31.9 Å². The molecular weight excluding hydrogens is 349 g/mol. The molecule has 1 atom stereocenters. The molecule has 0 aliphatic heterocycles. The fourth-order valence-corrected chi connectivity index (χ4v) is 2.08. The lowest BCUT2D eigenvalue weighted by atomic mass is 10.00. The van der Waals surface area contributed by atoms with Crippen LogP contribution in [0.25, 0.3) is 0 Å². The van der Waals surface area contributed by atoms with Crippen LogP contribution in [-0.4, -0.2) is 0 Å². The largest absolute Gasteiger partial charge is 0.320 e. The molecule has 2 aromatic rings. The Bertz CT molecular complexity index is 525. The second kappa shape index (κ2) is 5.29. The summed E-state index contributed by atoms with van der Waals surface area (Å²) >= 11 is 6.49. The molecule has 17 heavy (non-hydrogen) atoms. The second-order valence-corrected chi connectivity index (χ2v) is 5.47. The quantitative estimate of drug-likeness (QED) is 0.845. The van der Waals surface area contributed by atoms with Gasteiger partial charge in [-0.3, -0.25) is 0 Å². The summed E-state index contributed by atoms with van der Waals surface area (Å²) in [7, 11) is 0. The smallest absolute Gasteiger partial charge is 0.137 e. The van der Waals surface area contributed by atoms with Crippen LogP contribution < -0.4 is 5.73 Å². The molecule has 0 heterocycles. The van der Waals surface area contributed by atoms with Gasteiger partial charge in [0.1, 0.15) is 5.82 Å². The monoisotopic (exact) mass is 357 g/mol. The summed E-state index contributed by atoms with van der Waals surface area (Å²) in [6.07, 6.45) is 0. The lowest BCUT2D eigenvalue weighted by molar-refractivity contribution is 0.617. The highest BCUT2D eigenvalue weighted by molar-refractivity contribution is 9.10. The molecular formula is C13H10Br2FN. The molecule has 0 fully saturated rings. The van der Waals surface area contributed by atoms with Crippen molar-refractivity contribution in [3.05, 3.63) is 68.4 Å². The Morgan fingerprint density at radius 2 is 1.53 bits per heavy atom. The van der Waals surface area contributed by atoms with Crippen molar-refractivity contribution in [2.45, 2.75) is 6.04 Å². The van der Waals surface area contributed by atoms with Gasteiger partial charge in [0.05, 0.1) is 10.5 Å². The van der Waals surface area contributed by atoms with E-state index < -0.39 is 0 Å². The van der Waals surface area contributed by atoms with Gasteiger partial charge in [-0.05, 0) is 51.3 Å². The Labute approximate surface area is 116 Å². The van der Waals surface area contributed by atoms with Crippen molar-refractivity contribution in [1.82, 2.24) is 0 Å². The molecule has 0 amide bonds. The third kappa shape index (κ3) is 2.94. The first-order chi connectivity index (χ1) is 8.08. The van der Waals surface area contributed by atoms with Crippen molar-refractivity contribution in [2.75, 3.05) is 0 Å². The van der Waals surface area contributed by atoms with Crippen molar-refractivity contribution in [1.29, 1.82) is 0 Å². The van der Waals surface area contributed by atoms with Gasteiger partial charge in [0.2, 0.25) is 0 Å². The number of benzene rings is 2. The number of halogens is 3. The van der Waals surface area contributed by atoms with E-state index in [1.54, 1.807) is 6.07 Å². The first-order valence-corrected chi connectivity index (χ1v) is 6.62.